The molecule has 2 aromatic carbocycles. The molecule has 2 amide bonds. The Morgan fingerprint density at radius 1 is 1.00 bits per heavy atom. The van der Waals surface area contributed by atoms with Crippen LogP contribution in [0.3, 0.4) is 0 Å². The normalized spacial score (nSPS) is 10.8. The topological polar surface area (TPSA) is 75.5 Å². The van der Waals surface area contributed by atoms with Gasteiger partial charge in [0, 0.05) is 33.3 Å². The number of aryl methyl sites for hydroxylation is 1. The van der Waals surface area contributed by atoms with Gasteiger partial charge in [-0.25, -0.2) is 5.43 Å². The van der Waals surface area contributed by atoms with Crippen LogP contribution >= 0.6 is 11.6 Å². The predicted octanol–water partition coefficient (Wildman–Crippen LogP) is 3.84. The molecule has 0 radical (unpaired) electrons. The lowest BCUT2D eigenvalue weighted by Gasteiger charge is -2.09. The monoisotopic (exact) mass is 394 g/mol. The van der Waals surface area contributed by atoms with Crippen LogP contribution < -0.4 is 10.7 Å². The number of halogens is 1. The van der Waals surface area contributed by atoms with E-state index in [9.17, 15) is 9.59 Å². The smallest absolute Gasteiger partial charge is 0.318 e. The zero-order chi connectivity index (χ0) is 20.1. The molecule has 3 rings (SSSR count). The first kappa shape index (κ1) is 19.4. The van der Waals surface area contributed by atoms with Crippen molar-refractivity contribution in [2.75, 3.05) is 5.32 Å². The van der Waals surface area contributed by atoms with Crippen LogP contribution in [-0.4, -0.2) is 22.6 Å². The maximum absolute atomic E-state index is 11.9. The van der Waals surface area contributed by atoms with Gasteiger partial charge in [0.2, 0.25) is 0 Å². The zero-order valence-corrected chi connectivity index (χ0v) is 16.2. The number of benzene rings is 2. The summed E-state index contributed by atoms with van der Waals surface area (Å²) < 4.78 is 2.09. The summed E-state index contributed by atoms with van der Waals surface area (Å²) in [5.74, 6) is -1.69. The minimum atomic E-state index is -0.868. The SMILES string of the molecule is Cc1cc(/C=N\NC(=O)C(=O)Nc2cccc(Cl)c2)c(C)n1-c1ccccc1. The van der Waals surface area contributed by atoms with E-state index in [-0.39, 0.29) is 0 Å². The first-order valence-corrected chi connectivity index (χ1v) is 8.98. The van der Waals surface area contributed by atoms with Gasteiger partial charge in [-0.2, -0.15) is 5.10 Å². The molecule has 142 valence electrons. The molecule has 0 saturated heterocycles. The van der Waals surface area contributed by atoms with Crippen molar-refractivity contribution in [2.45, 2.75) is 13.8 Å². The molecule has 1 heterocycles. The number of hydrogen-bond donors (Lipinski definition) is 2. The van der Waals surface area contributed by atoms with Crippen LogP contribution in [0.4, 0.5) is 5.69 Å². The summed E-state index contributed by atoms with van der Waals surface area (Å²) in [6, 6.07) is 18.4. The van der Waals surface area contributed by atoms with Crippen molar-refractivity contribution in [1.29, 1.82) is 0 Å². The standard InChI is InChI=1S/C21H19ClN4O2/c1-14-11-16(15(2)26(14)19-9-4-3-5-10-19)13-23-25-21(28)20(27)24-18-8-6-7-17(22)12-18/h3-13H,1-2H3,(H,24,27)(H,25,28)/b23-13-. The number of aromatic nitrogens is 1. The molecule has 0 aliphatic heterocycles. The Bertz CT molecular complexity index is 1040. The molecule has 0 unspecified atom stereocenters. The summed E-state index contributed by atoms with van der Waals surface area (Å²) in [6.45, 7) is 3.96. The van der Waals surface area contributed by atoms with Crippen molar-refractivity contribution in [3.8, 4) is 5.69 Å². The average molecular weight is 395 g/mol. The third-order valence-corrected chi connectivity index (χ3v) is 4.38. The second-order valence-corrected chi connectivity index (χ2v) is 6.60. The Morgan fingerprint density at radius 3 is 2.46 bits per heavy atom. The van der Waals surface area contributed by atoms with Crippen molar-refractivity contribution in [3.63, 3.8) is 0 Å². The van der Waals surface area contributed by atoms with Gasteiger partial charge < -0.3 is 9.88 Å². The lowest BCUT2D eigenvalue weighted by atomic mass is 10.2. The summed E-state index contributed by atoms with van der Waals surface area (Å²) in [5, 5.41) is 6.83. The summed E-state index contributed by atoms with van der Waals surface area (Å²) in [6.07, 6.45) is 1.52. The van der Waals surface area contributed by atoms with E-state index < -0.39 is 11.8 Å². The minimum absolute atomic E-state index is 0.433. The fraction of sp³-hybridized carbons (Fsp3) is 0.0952. The van der Waals surface area contributed by atoms with Gasteiger partial charge >= 0.3 is 11.8 Å². The number of hydrogen-bond acceptors (Lipinski definition) is 3. The van der Waals surface area contributed by atoms with E-state index in [1.807, 2.05) is 50.2 Å². The number of rotatable bonds is 4. The van der Waals surface area contributed by atoms with Gasteiger partial charge in [0.05, 0.1) is 6.21 Å². The molecule has 0 atom stereocenters. The number of nitrogens with one attached hydrogen (secondary N) is 2. The van der Waals surface area contributed by atoms with Gasteiger partial charge in [-0.3, -0.25) is 9.59 Å². The third kappa shape index (κ3) is 4.47. The molecular weight excluding hydrogens is 376 g/mol. The summed E-state index contributed by atoms with van der Waals surface area (Å²) in [4.78, 5) is 23.9. The summed E-state index contributed by atoms with van der Waals surface area (Å²) in [7, 11) is 0. The summed E-state index contributed by atoms with van der Waals surface area (Å²) in [5.41, 5.74) is 6.57. The molecule has 6 nitrogen and oxygen atoms in total. The van der Waals surface area contributed by atoms with Gasteiger partial charge in [-0.05, 0) is 50.2 Å². The van der Waals surface area contributed by atoms with Crippen LogP contribution in [0, 0.1) is 13.8 Å². The molecule has 0 saturated carbocycles. The Morgan fingerprint density at radius 2 is 1.75 bits per heavy atom. The first-order valence-electron chi connectivity index (χ1n) is 8.60. The predicted molar refractivity (Wildman–Crippen MR) is 111 cm³/mol. The lowest BCUT2D eigenvalue weighted by molar-refractivity contribution is -0.136. The Balaban J connectivity index is 1.66. The molecular formula is C21H19ClN4O2. The molecule has 0 aliphatic rings. The number of para-hydroxylation sites is 1. The van der Waals surface area contributed by atoms with Gasteiger partial charge in [0.1, 0.15) is 0 Å². The van der Waals surface area contributed by atoms with Crippen molar-refractivity contribution < 1.29 is 9.59 Å². The van der Waals surface area contributed by atoms with E-state index in [1.165, 1.54) is 6.21 Å². The van der Waals surface area contributed by atoms with Crippen LogP contribution in [0.25, 0.3) is 5.69 Å². The fourth-order valence-electron chi connectivity index (χ4n) is 2.86. The molecule has 7 heteroatoms. The second kappa shape index (κ2) is 8.54. The Kier molecular flexibility index (Phi) is 5.91. The summed E-state index contributed by atoms with van der Waals surface area (Å²) >= 11 is 5.86. The molecule has 0 fully saturated rings. The number of carbonyl (C=O) groups excluding carboxylic acids is 2. The van der Waals surface area contributed by atoms with Crippen molar-refractivity contribution in [2.24, 2.45) is 5.10 Å². The third-order valence-electron chi connectivity index (χ3n) is 4.14. The minimum Gasteiger partial charge on any atom is -0.318 e. The van der Waals surface area contributed by atoms with Gasteiger partial charge in [0.25, 0.3) is 0 Å². The highest BCUT2D eigenvalue weighted by atomic mass is 35.5. The molecule has 0 aliphatic carbocycles. The number of anilines is 1. The van der Waals surface area contributed by atoms with E-state index >= 15 is 0 Å². The fourth-order valence-corrected chi connectivity index (χ4v) is 3.05. The molecule has 0 bridgehead atoms. The molecule has 3 aromatic rings. The quantitative estimate of drug-likeness (QED) is 0.401. The highest BCUT2D eigenvalue weighted by molar-refractivity contribution is 6.39. The van der Waals surface area contributed by atoms with Crippen LogP contribution in [0.1, 0.15) is 17.0 Å². The van der Waals surface area contributed by atoms with E-state index in [0.717, 1.165) is 22.6 Å². The molecule has 1 aromatic heterocycles. The molecule has 0 spiro atoms. The largest absolute Gasteiger partial charge is 0.329 e. The van der Waals surface area contributed by atoms with Crippen molar-refractivity contribution in [3.05, 3.63) is 82.6 Å². The number of nitrogens with zero attached hydrogens (tertiary/aromatic N) is 2. The van der Waals surface area contributed by atoms with Crippen LogP contribution in [0.2, 0.25) is 5.02 Å². The Hall–Kier alpha value is -3.38. The van der Waals surface area contributed by atoms with Gasteiger partial charge in [0.15, 0.2) is 0 Å². The van der Waals surface area contributed by atoms with Crippen LogP contribution in [0.5, 0.6) is 0 Å². The lowest BCUT2D eigenvalue weighted by Crippen LogP contribution is -2.32. The Labute approximate surface area is 167 Å². The van der Waals surface area contributed by atoms with E-state index in [2.05, 4.69) is 20.4 Å². The van der Waals surface area contributed by atoms with Crippen molar-refractivity contribution >= 4 is 35.3 Å². The highest BCUT2D eigenvalue weighted by Gasteiger charge is 2.13. The molecule has 28 heavy (non-hydrogen) atoms. The number of carbonyl (C=O) groups is 2. The first-order chi connectivity index (χ1) is 13.5. The van der Waals surface area contributed by atoms with Crippen LogP contribution in [0.15, 0.2) is 65.8 Å². The zero-order valence-electron chi connectivity index (χ0n) is 15.4. The average Bonchev–Trinajstić information content (AvgIpc) is 2.95. The maximum atomic E-state index is 11.9. The van der Waals surface area contributed by atoms with Crippen LogP contribution in [-0.2, 0) is 9.59 Å². The van der Waals surface area contributed by atoms with E-state index in [1.54, 1.807) is 24.3 Å². The van der Waals surface area contributed by atoms with Gasteiger partial charge in [-0.1, -0.05) is 35.9 Å². The maximum Gasteiger partial charge on any atom is 0.329 e. The second-order valence-electron chi connectivity index (χ2n) is 6.16. The number of amides is 2. The van der Waals surface area contributed by atoms with Crippen molar-refractivity contribution in [1.82, 2.24) is 9.99 Å². The van der Waals surface area contributed by atoms with Gasteiger partial charge in [-0.15, -0.1) is 0 Å². The van der Waals surface area contributed by atoms with E-state index in [4.69, 9.17) is 11.6 Å². The highest BCUT2D eigenvalue weighted by Crippen LogP contribution is 2.19. The molecule has 2 N–H and O–H groups in total. The van der Waals surface area contributed by atoms with E-state index in [0.29, 0.717) is 10.7 Å². The number of hydrazone groups is 1.